The number of hydrogen-bond donors (Lipinski definition) is 1. The van der Waals surface area contributed by atoms with Crippen molar-refractivity contribution in [3.63, 3.8) is 0 Å². The van der Waals surface area contributed by atoms with Crippen LogP contribution in [0.5, 0.6) is 5.75 Å². The Labute approximate surface area is 191 Å². The van der Waals surface area contributed by atoms with Gasteiger partial charge in [-0.1, -0.05) is 6.92 Å². The molecule has 0 amide bonds. The Balaban J connectivity index is 1.69. The van der Waals surface area contributed by atoms with Gasteiger partial charge in [0.25, 0.3) is 0 Å². The molecule has 2 aromatic carbocycles. The Morgan fingerprint density at radius 1 is 1.09 bits per heavy atom. The van der Waals surface area contributed by atoms with Crippen LogP contribution in [0.2, 0.25) is 0 Å². The summed E-state index contributed by atoms with van der Waals surface area (Å²) in [5.74, 6) is 4.70. The number of nitrogens with one attached hydrogen (secondary N) is 1. The summed E-state index contributed by atoms with van der Waals surface area (Å²) < 4.78 is 34.8. The first-order chi connectivity index (χ1) is 15.4. The summed E-state index contributed by atoms with van der Waals surface area (Å²) in [6.07, 6.45) is 2.44. The predicted octanol–water partition coefficient (Wildman–Crippen LogP) is 5.68. The van der Waals surface area contributed by atoms with E-state index in [4.69, 9.17) is 9.72 Å². The number of benzene rings is 2. The molecule has 0 aliphatic heterocycles. The average molecular weight is 468 g/mol. The summed E-state index contributed by atoms with van der Waals surface area (Å²) in [4.78, 5) is 10.6. The lowest BCUT2D eigenvalue weighted by Gasteiger charge is -2.13. The van der Waals surface area contributed by atoms with Crippen LogP contribution in [0.15, 0.2) is 71.8 Å². The molecule has 1 unspecified atom stereocenters. The number of anilines is 1. The number of rotatable bonds is 7. The third-order valence-corrected chi connectivity index (χ3v) is 7.64. The summed E-state index contributed by atoms with van der Waals surface area (Å²) >= 11 is 1.58. The number of aryl methyl sites for hydroxylation is 1. The topological polar surface area (TPSA) is 64.1 Å². The molecular formula is C24H22FN3O2S2. The van der Waals surface area contributed by atoms with Gasteiger partial charge < -0.3 is 4.74 Å². The minimum absolute atomic E-state index is 0.291. The fourth-order valence-corrected chi connectivity index (χ4v) is 5.33. The van der Waals surface area contributed by atoms with Crippen molar-refractivity contribution in [3.8, 4) is 27.4 Å². The van der Waals surface area contributed by atoms with Crippen LogP contribution in [0.1, 0.15) is 11.9 Å². The molecule has 8 heteroatoms. The number of nitrogens with zero attached hydrogens (tertiary/aromatic N) is 2. The molecule has 2 heterocycles. The summed E-state index contributed by atoms with van der Waals surface area (Å²) in [6.45, 7) is 2.04. The first kappa shape index (κ1) is 22.0. The van der Waals surface area contributed by atoms with Crippen LogP contribution < -0.4 is 9.46 Å². The molecule has 0 radical (unpaired) electrons. The molecule has 1 N–H and O–H groups in total. The Morgan fingerprint density at radius 3 is 2.47 bits per heavy atom. The van der Waals surface area contributed by atoms with Crippen LogP contribution in [-0.2, 0) is 16.1 Å². The maximum Gasteiger partial charge on any atom is 0.138 e. The SMILES string of the molecule is C=S(=O)(Nc1cc(-c2sc(CC)nc2-c2ccc(F)cc2)ccn1)c1ccc(OC)cc1. The molecule has 0 bridgehead atoms. The normalized spacial score (nSPS) is 12.8. The molecule has 0 aliphatic rings. The van der Waals surface area contributed by atoms with E-state index in [2.05, 4.69) is 15.6 Å². The summed E-state index contributed by atoms with van der Waals surface area (Å²) in [6, 6.07) is 16.9. The van der Waals surface area contributed by atoms with E-state index in [0.29, 0.717) is 16.5 Å². The molecule has 1 atom stereocenters. The van der Waals surface area contributed by atoms with Crippen LogP contribution in [-0.4, -0.2) is 27.2 Å². The van der Waals surface area contributed by atoms with Gasteiger partial charge in [-0.2, -0.15) is 0 Å². The second kappa shape index (κ2) is 9.10. The molecule has 0 saturated heterocycles. The van der Waals surface area contributed by atoms with E-state index in [1.165, 1.54) is 12.1 Å². The summed E-state index contributed by atoms with van der Waals surface area (Å²) in [7, 11) is -1.25. The molecule has 0 saturated carbocycles. The first-order valence-corrected chi connectivity index (χ1v) is 12.4. The molecule has 0 aliphatic carbocycles. The average Bonchev–Trinajstić information content (AvgIpc) is 3.24. The molecule has 164 valence electrons. The van der Waals surface area contributed by atoms with Gasteiger partial charge in [0.05, 0.1) is 32.4 Å². The highest BCUT2D eigenvalue weighted by atomic mass is 32.2. The molecule has 0 spiro atoms. The van der Waals surface area contributed by atoms with Gasteiger partial charge in [0.1, 0.15) is 17.4 Å². The van der Waals surface area contributed by atoms with Gasteiger partial charge in [-0.15, -0.1) is 11.3 Å². The van der Waals surface area contributed by atoms with Crippen LogP contribution >= 0.6 is 11.3 Å². The lowest BCUT2D eigenvalue weighted by Crippen LogP contribution is -2.13. The third-order valence-electron chi connectivity index (χ3n) is 4.82. The minimum Gasteiger partial charge on any atom is -0.497 e. The molecular weight excluding hydrogens is 445 g/mol. The van der Waals surface area contributed by atoms with Gasteiger partial charge in [-0.25, -0.2) is 18.6 Å². The zero-order chi connectivity index (χ0) is 22.7. The maximum absolute atomic E-state index is 13.4. The highest BCUT2D eigenvalue weighted by Crippen LogP contribution is 2.37. The van der Waals surface area contributed by atoms with Crippen LogP contribution in [0.4, 0.5) is 10.2 Å². The van der Waals surface area contributed by atoms with Crippen LogP contribution in [0.3, 0.4) is 0 Å². The Kier molecular flexibility index (Phi) is 6.25. The van der Waals surface area contributed by atoms with Crippen molar-refractivity contribution in [3.05, 3.63) is 77.7 Å². The highest BCUT2D eigenvalue weighted by Gasteiger charge is 2.16. The van der Waals surface area contributed by atoms with Crippen LogP contribution in [0, 0.1) is 5.82 Å². The smallest absolute Gasteiger partial charge is 0.138 e. The fourth-order valence-electron chi connectivity index (χ4n) is 3.17. The second-order valence-corrected chi connectivity index (χ2v) is 10.1. The van der Waals surface area contributed by atoms with Crippen molar-refractivity contribution >= 4 is 32.7 Å². The molecule has 32 heavy (non-hydrogen) atoms. The molecule has 5 nitrogen and oxygen atoms in total. The number of pyridine rings is 1. The lowest BCUT2D eigenvalue weighted by atomic mass is 10.1. The molecule has 4 aromatic rings. The monoisotopic (exact) mass is 467 g/mol. The van der Waals surface area contributed by atoms with Gasteiger partial charge in [0.15, 0.2) is 0 Å². The van der Waals surface area contributed by atoms with Crippen molar-refractivity contribution < 1.29 is 13.3 Å². The second-order valence-electron chi connectivity index (χ2n) is 7.03. The van der Waals surface area contributed by atoms with E-state index in [1.807, 2.05) is 19.1 Å². The van der Waals surface area contributed by atoms with E-state index >= 15 is 0 Å². The van der Waals surface area contributed by atoms with E-state index < -0.39 is 9.71 Å². The number of ether oxygens (including phenoxy) is 1. The van der Waals surface area contributed by atoms with Crippen molar-refractivity contribution in [2.45, 2.75) is 18.2 Å². The standard InChI is InChI=1S/C24H22FN3O2S2/c1-4-22-27-23(16-5-7-18(25)8-6-16)24(31-22)17-13-14-26-21(15-17)28-32(3,29)20-11-9-19(30-2)10-12-20/h5-15H,3-4H2,1-2H3,(H,26,28,29). The molecule has 2 aromatic heterocycles. The minimum atomic E-state index is -2.83. The first-order valence-electron chi connectivity index (χ1n) is 9.90. The third kappa shape index (κ3) is 4.66. The van der Waals surface area contributed by atoms with Gasteiger partial charge in [-0.05, 0) is 78.5 Å². The Morgan fingerprint density at radius 2 is 1.81 bits per heavy atom. The number of hydrogen-bond acceptors (Lipinski definition) is 5. The largest absolute Gasteiger partial charge is 0.497 e. The number of halogens is 1. The lowest BCUT2D eigenvalue weighted by molar-refractivity contribution is 0.414. The van der Waals surface area contributed by atoms with E-state index in [-0.39, 0.29) is 5.82 Å². The molecule has 4 rings (SSSR count). The quantitative estimate of drug-likeness (QED) is 0.355. The van der Waals surface area contributed by atoms with E-state index in [1.54, 1.807) is 61.0 Å². The Bertz CT molecular complexity index is 1330. The number of methoxy groups -OCH3 is 1. The van der Waals surface area contributed by atoms with Gasteiger partial charge in [-0.3, -0.25) is 4.72 Å². The number of thiazole rings is 1. The molecule has 0 fully saturated rings. The highest BCUT2D eigenvalue weighted by molar-refractivity contribution is 8.01. The van der Waals surface area contributed by atoms with Crippen molar-refractivity contribution in [1.29, 1.82) is 0 Å². The van der Waals surface area contributed by atoms with Gasteiger partial charge >= 0.3 is 0 Å². The number of aromatic nitrogens is 2. The Hall–Kier alpha value is -3.23. The maximum atomic E-state index is 13.4. The van der Waals surface area contributed by atoms with E-state index in [9.17, 15) is 8.60 Å². The predicted molar refractivity (Wildman–Crippen MR) is 130 cm³/mol. The zero-order valence-corrected chi connectivity index (χ0v) is 19.3. The van der Waals surface area contributed by atoms with Crippen molar-refractivity contribution in [2.24, 2.45) is 0 Å². The fraction of sp³-hybridized carbons (Fsp3) is 0.125. The summed E-state index contributed by atoms with van der Waals surface area (Å²) in [5.41, 5.74) is 2.50. The van der Waals surface area contributed by atoms with Crippen LogP contribution in [0.25, 0.3) is 21.7 Å². The summed E-state index contributed by atoms with van der Waals surface area (Å²) in [5, 5.41) is 0.977. The van der Waals surface area contributed by atoms with Gasteiger partial charge in [0, 0.05) is 16.7 Å². The van der Waals surface area contributed by atoms with E-state index in [0.717, 1.165) is 33.1 Å². The van der Waals surface area contributed by atoms with Gasteiger partial charge in [0.2, 0.25) is 0 Å². The van der Waals surface area contributed by atoms with Crippen molar-refractivity contribution in [1.82, 2.24) is 9.97 Å². The van der Waals surface area contributed by atoms with Crippen molar-refractivity contribution in [2.75, 3.05) is 11.8 Å². The zero-order valence-electron chi connectivity index (χ0n) is 17.7.